The first-order chi connectivity index (χ1) is 12.0. The van der Waals surface area contributed by atoms with Crippen LogP contribution in [0.3, 0.4) is 0 Å². The van der Waals surface area contributed by atoms with Gasteiger partial charge in [-0.05, 0) is 42.5 Å². The molecule has 4 nitrogen and oxygen atoms in total. The lowest BCUT2D eigenvalue weighted by atomic mass is 10.2. The normalized spacial score (nSPS) is 9.84. The van der Waals surface area contributed by atoms with E-state index in [0.717, 1.165) is 11.3 Å². The lowest BCUT2D eigenvalue weighted by Crippen LogP contribution is -1.97. The summed E-state index contributed by atoms with van der Waals surface area (Å²) in [5.74, 6) is 0.890. The molecule has 0 aliphatic carbocycles. The van der Waals surface area contributed by atoms with Crippen LogP contribution in [0, 0.1) is 0 Å². The van der Waals surface area contributed by atoms with Gasteiger partial charge in [-0.15, -0.1) is 0 Å². The fourth-order valence-corrected chi connectivity index (χ4v) is 2.31. The predicted octanol–water partition coefficient (Wildman–Crippen LogP) is 5.13. The molecule has 0 atom stereocenters. The van der Waals surface area contributed by atoms with Crippen molar-refractivity contribution in [2.24, 2.45) is 0 Å². The van der Waals surface area contributed by atoms with E-state index in [1.807, 2.05) is 42.5 Å². The van der Waals surface area contributed by atoms with Gasteiger partial charge in [-0.25, -0.2) is 0 Å². The number of ether oxygens (including phenoxy) is 1. The van der Waals surface area contributed by atoms with E-state index in [9.17, 15) is 0 Å². The van der Waals surface area contributed by atoms with Gasteiger partial charge in [0.15, 0.2) is 0 Å². The number of nitrogens with two attached hydrogens (primary N) is 2. The molecule has 0 spiro atoms. The van der Waals surface area contributed by atoms with Crippen LogP contribution in [0.4, 0.5) is 11.4 Å². The van der Waals surface area contributed by atoms with Gasteiger partial charge >= 0.3 is 0 Å². The monoisotopic (exact) mass is 376 g/mol. The molecule has 25 heavy (non-hydrogen) atoms. The molecule has 6 heteroatoms. The van der Waals surface area contributed by atoms with Gasteiger partial charge in [-0.1, -0.05) is 47.5 Å². The molecule has 3 aromatic carbocycles. The molecular formula is C19H18Cl2N2O2. The number of phenolic OH excluding ortho intramolecular Hbond substituents is 1. The molecule has 0 radical (unpaired) electrons. The topological polar surface area (TPSA) is 81.5 Å². The van der Waals surface area contributed by atoms with Crippen LogP contribution in [0.5, 0.6) is 11.5 Å². The third-order valence-electron chi connectivity index (χ3n) is 3.19. The molecule has 0 aromatic heterocycles. The number of anilines is 2. The van der Waals surface area contributed by atoms with Crippen molar-refractivity contribution in [1.29, 1.82) is 0 Å². The molecule has 0 aliphatic heterocycles. The quantitative estimate of drug-likeness (QED) is 0.437. The van der Waals surface area contributed by atoms with Crippen LogP contribution in [0.25, 0.3) is 0 Å². The summed E-state index contributed by atoms with van der Waals surface area (Å²) in [4.78, 5) is 0. The second kappa shape index (κ2) is 9.06. The van der Waals surface area contributed by atoms with Crippen molar-refractivity contribution in [2.45, 2.75) is 6.61 Å². The summed E-state index contributed by atoms with van der Waals surface area (Å²) in [7, 11) is 0. The summed E-state index contributed by atoms with van der Waals surface area (Å²) in [6.07, 6.45) is 0. The minimum absolute atomic E-state index is 0.0610. The van der Waals surface area contributed by atoms with Crippen LogP contribution in [-0.2, 0) is 6.61 Å². The van der Waals surface area contributed by atoms with E-state index < -0.39 is 0 Å². The number of rotatable bonds is 3. The Bertz CT molecular complexity index is 827. The smallest absolute Gasteiger partial charge is 0.134 e. The molecule has 0 unspecified atom stereocenters. The average molecular weight is 377 g/mol. The van der Waals surface area contributed by atoms with Crippen molar-refractivity contribution < 1.29 is 9.84 Å². The Morgan fingerprint density at radius 1 is 0.800 bits per heavy atom. The van der Waals surface area contributed by atoms with Crippen molar-refractivity contribution in [2.75, 3.05) is 11.5 Å². The maximum absolute atomic E-state index is 8.86. The largest absolute Gasteiger partial charge is 0.506 e. The predicted molar refractivity (Wildman–Crippen MR) is 104 cm³/mol. The Balaban J connectivity index is 0.000000212. The zero-order valence-electron chi connectivity index (χ0n) is 13.3. The number of aromatic hydroxyl groups is 1. The Morgan fingerprint density at radius 3 is 1.96 bits per heavy atom. The first kappa shape index (κ1) is 18.8. The fourth-order valence-electron chi connectivity index (χ4n) is 1.88. The molecule has 3 aromatic rings. The van der Waals surface area contributed by atoms with Crippen molar-refractivity contribution >= 4 is 34.6 Å². The minimum Gasteiger partial charge on any atom is -0.506 e. The van der Waals surface area contributed by atoms with Gasteiger partial charge in [0, 0.05) is 22.0 Å². The van der Waals surface area contributed by atoms with Gasteiger partial charge < -0.3 is 21.3 Å². The highest BCUT2D eigenvalue weighted by Crippen LogP contribution is 2.24. The van der Waals surface area contributed by atoms with Crippen LogP contribution in [0.1, 0.15) is 5.56 Å². The van der Waals surface area contributed by atoms with E-state index in [1.54, 1.807) is 12.1 Å². The van der Waals surface area contributed by atoms with Crippen molar-refractivity contribution in [1.82, 2.24) is 0 Å². The molecule has 0 fully saturated rings. The first-order valence-electron chi connectivity index (χ1n) is 7.41. The maximum Gasteiger partial charge on any atom is 0.134 e. The summed E-state index contributed by atoms with van der Waals surface area (Å²) in [5, 5.41) is 9.78. The maximum atomic E-state index is 8.86. The lowest BCUT2D eigenvalue weighted by Gasteiger charge is -2.07. The number of benzene rings is 3. The Hall–Kier alpha value is -2.56. The molecule has 0 heterocycles. The van der Waals surface area contributed by atoms with Gasteiger partial charge in [0.25, 0.3) is 0 Å². The second-order valence-corrected chi connectivity index (χ2v) is 5.98. The third kappa shape index (κ3) is 6.10. The highest BCUT2D eigenvalue weighted by molar-refractivity contribution is 6.32. The Labute approximate surface area is 156 Å². The summed E-state index contributed by atoms with van der Waals surface area (Å²) in [6, 6.07) is 19.6. The number of para-hydroxylation sites is 1. The standard InChI is InChI=1S/C13H12ClNO.C6H6ClNO/c14-13-8-11(15)7-6-10(13)9-16-12-4-2-1-3-5-12;7-5-3-4(8)1-2-6(5)9/h1-8H,9,15H2;1-3,9H,8H2. The van der Waals surface area contributed by atoms with Gasteiger partial charge in [0.1, 0.15) is 18.1 Å². The highest BCUT2D eigenvalue weighted by atomic mass is 35.5. The molecule has 130 valence electrons. The number of hydrogen-bond donors (Lipinski definition) is 3. The van der Waals surface area contributed by atoms with Crippen LogP contribution < -0.4 is 16.2 Å². The van der Waals surface area contributed by atoms with E-state index >= 15 is 0 Å². The van der Waals surface area contributed by atoms with E-state index in [2.05, 4.69) is 0 Å². The minimum atomic E-state index is 0.0610. The highest BCUT2D eigenvalue weighted by Gasteiger charge is 2.01. The zero-order chi connectivity index (χ0) is 18.2. The molecule has 0 bridgehead atoms. The van der Waals surface area contributed by atoms with Crippen LogP contribution >= 0.6 is 23.2 Å². The summed E-state index contributed by atoms with van der Waals surface area (Å²) >= 11 is 11.5. The van der Waals surface area contributed by atoms with Gasteiger partial charge in [-0.2, -0.15) is 0 Å². The number of nitrogen functional groups attached to an aromatic ring is 2. The first-order valence-corrected chi connectivity index (χ1v) is 8.17. The number of phenols is 1. The molecule has 0 amide bonds. The molecule has 0 saturated heterocycles. The third-order valence-corrected chi connectivity index (χ3v) is 3.84. The molecule has 3 rings (SSSR count). The molecule has 0 aliphatic rings. The summed E-state index contributed by atoms with van der Waals surface area (Å²) in [5.41, 5.74) is 13.1. The summed E-state index contributed by atoms with van der Waals surface area (Å²) in [6.45, 7) is 0.448. The van der Waals surface area contributed by atoms with Crippen molar-refractivity contribution in [3.63, 3.8) is 0 Å². The van der Waals surface area contributed by atoms with Gasteiger partial charge in [0.05, 0.1) is 5.02 Å². The average Bonchev–Trinajstić information content (AvgIpc) is 2.59. The number of halogens is 2. The number of hydrogen-bond acceptors (Lipinski definition) is 4. The lowest BCUT2D eigenvalue weighted by molar-refractivity contribution is 0.306. The van der Waals surface area contributed by atoms with Gasteiger partial charge in [-0.3, -0.25) is 0 Å². The van der Waals surface area contributed by atoms with Crippen LogP contribution in [-0.4, -0.2) is 5.11 Å². The van der Waals surface area contributed by atoms with Crippen LogP contribution in [0.2, 0.25) is 10.0 Å². The SMILES string of the molecule is Nc1ccc(COc2ccccc2)c(Cl)c1.Nc1ccc(O)c(Cl)c1. The Kier molecular flexibility index (Phi) is 6.81. The molecule has 0 saturated carbocycles. The van der Waals surface area contributed by atoms with Crippen molar-refractivity contribution in [3.8, 4) is 11.5 Å². The van der Waals surface area contributed by atoms with E-state index in [1.165, 1.54) is 12.1 Å². The Morgan fingerprint density at radius 2 is 1.40 bits per heavy atom. The van der Waals surface area contributed by atoms with E-state index in [4.69, 9.17) is 44.5 Å². The summed E-state index contributed by atoms with van der Waals surface area (Å²) < 4.78 is 5.59. The molecular weight excluding hydrogens is 359 g/mol. The molecule has 5 N–H and O–H groups in total. The van der Waals surface area contributed by atoms with E-state index in [-0.39, 0.29) is 10.8 Å². The second-order valence-electron chi connectivity index (χ2n) is 5.16. The fraction of sp³-hybridized carbons (Fsp3) is 0.0526. The zero-order valence-corrected chi connectivity index (χ0v) is 14.8. The van der Waals surface area contributed by atoms with Crippen molar-refractivity contribution in [3.05, 3.63) is 82.3 Å². The van der Waals surface area contributed by atoms with Crippen LogP contribution in [0.15, 0.2) is 66.7 Å². The van der Waals surface area contributed by atoms with Gasteiger partial charge in [0.2, 0.25) is 0 Å². The van der Waals surface area contributed by atoms with E-state index in [0.29, 0.717) is 23.0 Å².